The van der Waals surface area contributed by atoms with E-state index >= 15 is 0 Å². The van der Waals surface area contributed by atoms with Crippen molar-refractivity contribution in [3.63, 3.8) is 0 Å². The summed E-state index contributed by atoms with van der Waals surface area (Å²) in [6.07, 6.45) is 3.03. The lowest BCUT2D eigenvalue weighted by atomic mass is 9.77. The third kappa shape index (κ3) is 3.60. The molecule has 2 aliphatic heterocycles. The van der Waals surface area contributed by atoms with Gasteiger partial charge in [0.05, 0.1) is 5.69 Å². The normalized spacial score (nSPS) is 21.4. The van der Waals surface area contributed by atoms with Crippen LogP contribution < -0.4 is 9.47 Å². The third-order valence-electron chi connectivity index (χ3n) is 5.85. The van der Waals surface area contributed by atoms with E-state index in [9.17, 15) is 4.79 Å². The molecule has 1 fully saturated rings. The zero-order chi connectivity index (χ0) is 19.9. The smallest absolute Gasteiger partial charge is 0.272 e. The average Bonchev–Trinajstić information content (AvgIpc) is 3.26. The van der Waals surface area contributed by atoms with E-state index < -0.39 is 0 Å². The second kappa shape index (κ2) is 7.15. The summed E-state index contributed by atoms with van der Waals surface area (Å²) in [7, 11) is 1.86. The highest BCUT2D eigenvalue weighted by atomic mass is 16.7. The molecule has 150 valence electrons. The number of rotatable bonds is 4. The molecule has 0 saturated carbocycles. The molecule has 1 amide bonds. The van der Waals surface area contributed by atoms with Crippen molar-refractivity contribution >= 4 is 5.91 Å². The van der Waals surface area contributed by atoms with Crippen molar-refractivity contribution in [3.8, 4) is 11.5 Å². The molecule has 0 radical (unpaired) electrons. The summed E-state index contributed by atoms with van der Waals surface area (Å²) in [5, 5.41) is 4.51. The van der Waals surface area contributed by atoms with Gasteiger partial charge in [-0.3, -0.25) is 9.48 Å². The number of benzene rings is 1. The number of aromatic nitrogens is 2. The lowest BCUT2D eigenvalue weighted by molar-refractivity contribution is 0.0540. The molecule has 28 heavy (non-hydrogen) atoms. The van der Waals surface area contributed by atoms with Crippen molar-refractivity contribution in [1.29, 1.82) is 0 Å². The number of carbonyl (C=O) groups excluding carboxylic acids is 1. The molecule has 2 aliphatic rings. The number of fused-ring (bicyclic) bond motifs is 1. The van der Waals surface area contributed by atoms with E-state index in [2.05, 4.69) is 38.0 Å². The van der Waals surface area contributed by atoms with Gasteiger partial charge in [0.15, 0.2) is 11.5 Å². The maximum absolute atomic E-state index is 13.2. The number of ether oxygens (including phenoxy) is 2. The lowest BCUT2D eigenvalue weighted by Gasteiger charge is -2.40. The summed E-state index contributed by atoms with van der Waals surface area (Å²) in [5.74, 6) is 2.02. The van der Waals surface area contributed by atoms with Crippen LogP contribution in [0.25, 0.3) is 0 Å². The Hall–Kier alpha value is -2.50. The molecule has 1 aromatic heterocycles. The molecule has 2 aromatic rings. The van der Waals surface area contributed by atoms with Crippen LogP contribution in [0.1, 0.15) is 61.3 Å². The molecule has 0 bridgehead atoms. The first-order valence-corrected chi connectivity index (χ1v) is 10.1. The summed E-state index contributed by atoms with van der Waals surface area (Å²) in [5.41, 5.74) is 2.91. The Morgan fingerprint density at radius 2 is 2.04 bits per heavy atom. The van der Waals surface area contributed by atoms with Gasteiger partial charge in [0.25, 0.3) is 5.91 Å². The van der Waals surface area contributed by atoms with Crippen LogP contribution in [-0.2, 0) is 13.5 Å². The second-order valence-electron chi connectivity index (χ2n) is 8.74. The first kappa shape index (κ1) is 18.8. The Kier molecular flexibility index (Phi) is 4.81. The zero-order valence-electron chi connectivity index (χ0n) is 17.2. The van der Waals surface area contributed by atoms with Crippen molar-refractivity contribution in [2.75, 3.05) is 19.9 Å². The minimum Gasteiger partial charge on any atom is -0.454 e. The van der Waals surface area contributed by atoms with E-state index in [4.69, 9.17) is 9.47 Å². The molecule has 1 aromatic carbocycles. The van der Waals surface area contributed by atoms with E-state index in [0.29, 0.717) is 18.4 Å². The first-order valence-electron chi connectivity index (χ1n) is 10.1. The molecule has 3 heterocycles. The fourth-order valence-corrected chi connectivity index (χ4v) is 4.31. The fraction of sp³-hybridized carbons (Fsp3) is 0.545. The molecular formula is C22H29N3O3. The van der Waals surface area contributed by atoms with Gasteiger partial charge in [0, 0.05) is 20.1 Å². The minimum atomic E-state index is 0.0427. The number of likely N-dealkylation sites (tertiary alicyclic amines) is 1. The maximum Gasteiger partial charge on any atom is 0.272 e. The quantitative estimate of drug-likeness (QED) is 0.807. The third-order valence-corrected chi connectivity index (χ3v) is 5.85. The van der Waals surface area contributed by atoms with Gasteiger partial charge in [-0.2, -0.15) is 5.10 Å². The Bertz CT molecular complexity index is 889. The van der Waals surface area contributed by atoms with Crippen LogP contribution in [0.2, 0.25) is 0 Å². The van der Waals surface area contributed by atoms with Crippen molar-refractivity contribution in [2.45, 2.75) is 46.0 Å². The van der Waals surface area contributed by atoms with Crippen molar-refractivity contribution in [1.82, 2.24) is 14.7 Å². The molecular weight excluding hydrogens is 354 g/mol. The Morgan fingerprint density at radius 3 is 2.79 bits per heavy atom. The van der Waals surface area contributed by atoms with E-state index in [1.807, 2.05) is 24.1 Å². The summed E-state index contributed by atoms with van der Waals surface area (Å²) in [4.78, 5) is 15.2. The number of piperidine rings is 1. The molecule has 4 rings (SSSR count). The predicted molar refractivity (Wildman–Crippen MR) is 107 cm³/mol. The van der Waals surface area contributed by atoms with Crippen molar-refractivity contribution < 1.29 is 14.3 Å². The van der Waals surface area contributed by atoms with E-state index in [1.54, 1.807) is 4.68 Å². The van der Waals surface area contributed by atoms with E-state index in [0.717, 1.165) is 49.5 Å². The molecule has 0 spiro atoms. The number of nitrogens with zero attached hydrogens (tertiary/aromatic N) is 3. The van der Waals surface area contributed by atoms with Crippen LogP contribution in [-0.4, -0.2) is 40.5 Å². The maximum atomic E-state index is 13.2. The van der Waals surface area contributed by atoms with Gasteiger partial charge in [-0.25, -0.2) is 0 Å². The standard InChI is InChI=1S/C22H29N3O3/c1-15(2)17-11-18(24(4)23-17)21(26)25-9-5-8-22(3,13-25)12-16-6-7-19-20(10-16)28-14-27-19/h6-7,10-11,15H,5,8-9,12-14H2,1-4H3. The molecule has 1 saturated heterocycles. The van der Waals surface area contributed by atoms with Crippen molar-refractivity contribution in [2.24, 2.45) is 12.5 Å². The van der Waals surface area contributed by atoms with Crippen LogP contribution in [0.5, 0.6) is 11.5 Å². The average molecular weight is 383 g/mol. The fourth-order valence-electron chi connectivity index (χ4n) is 4.31. The molecule has 6 nitrogen and oxygen atoms in total. The highest BCUT2D eigenvalue weighted by Crippen LogP contribution is 2.38. The van der Waals surface area contributed by atoms with Crippen molar-refractivity contribution in [3.05, 3.63) is 41.2 Å². The molecule has 0 aliphatic carbocycles. The Labute approximate surface area is 166 Å². The number of carbonyl (C=O) groups is 1. The topological polar surface area (TPSA) is 56.6 Å². The molecule has 6 heteroatoms. The number of amides is 1. The van der Waals surface area contributed by atoms with Gasteiger partial charge in [-0.15, -0.1) is 0 Å². The Balaban J connectivity index is 1.49. The Morgan fingerprint density at radius 1 is 1.25 bits per heavy atom. The first-order chi connectivity index (χ1) is 13.3. The van der Waals surface area contributed by atoms with E-state index in [1.165, 1.54) is 5.56 Å². The monoisotopic (exact) mass is 383 g/mol. The van der Waals surface area contributed by atoms with Gasteiger partial charge >= 0.3 is 0 Å². The van der Waals surface area contributed by atoms with Crippen LogP contribution >= 0.6 is 0 Å². The number of hydrogen-bond donors (Lipinski definition) is 0. The zero-order valence-corrected chi connectivity index (χ0v) is 17.2. The highest BCUT2D eigenvalue weighted by Gasteiger charge is 2.35. The van der Waals surface area contributed by atoms with Crippen LogP contribution in [0, 0.1) is 5.41 Å². The van der Waals surface area contributed by atoms with E-state index in [-0.39, 0.29) is 11.3 Å². The minimum absolute atomic E-state index is 0.0427. The lowest BCUT2D eigenvalue weighted by Crippen LogP contribution is -2.46. The summed E-state index contributed by atoms with van der Waals surface area (Å²) in [6, 6.07) is 8.10. The van der Waals surface area contributed by atoms with Gasteiger partial charge in [-0.05, 0) is 54.4 Å². The largest absolute Gasteiger partial charge is 0.454 e. The molecule has 1 unspecified atom stereocenters. The molecule has 1 atom stereocenters. The summed E-state index contributed by atoms with van der Waals surface area (Å²) in [6.45, 7) is 8.32. The number of aryl methyl sites for hydroxylation is 1. The SMILES string of the molecule is CC(C)c1cc(C(=O)N2CCCC(C)(Cc3ccc4c(c3)OCO4)C2)n(C)n1. The second-order valence-corrected chi connectivity index (χ2v) is 8.74. The summed E-state index contributed by atoms with van der Waals surface area (Å²) >= 11 is 0. The van der Waals surface area contributed by atoms with Crippen LogP contribution in [0.15, 0.2) is 24.3 Å². The van der Waals surface area contributed by atoms with Gasteiger partial charge in [0.2, 0.25) is 6.79 Å². The van der Waals surface area contributed by atoms with Gasteiger partial charge in [-0.1, -0.05) is 26.8 Å². The van der Waals surface area contributed by atoms with Crippen LogP contribution in [0.3, 0.4) is 0 Å². The highest BCUT2D eigenvalue weighted by molar-refractivity contribution is 5.92. The van der Waals surface area contributed by atoms with Crippen LogP contribution in [0.4, 0.5) is 0 Å². The molecule has 0 N–H and O–H groups in total. The van der Waals surface area contributed by atoms with Gasteiger partial charge < -0.3 is 14.4 Å². The predicted octanol–water partition coefficient (Wildman–Crippen LogP) is 3.76. The summed E-state index contributed by atoms with van der Waals surface area (Å²) < 4.78 is 12.7. The number of hydrogen-bond acceptors (Lipinski definition) is 4. The van der Waals surface area contributed by atoms with Gasteiger partial charge in [0.1, 0.15) is 5.69 Å².